The third-order valence-electron chi connectivity index (χ3n) is 5.68. The van der Waals surface area contributed by atoms with Gasteiger partial charge in [-0.1, -0.05) is 6.07 Å². The Bertz CT molecular complexity index is 799. The number of hydrogen-bond acceptors (Lipinski definition) is 6. The van der Waals surface area contributed by atoms with Crippen molar-refractivity contribution in [2.75, 3.05) is 51.6 Å². The lowest BCUT2D eigenvalue weighted by Crippen LogP contribution is -2.57. The minimum atomic E-state index is -3.08. The standard InChI is InChI=1S/C20H34N4O3S2.HI/c1-5-21-19(24-9-12-29(25,26)20(3,4)15-24)22-13-17(18-7-6-11-28-18)23-8-10-27-16(2)14-23;/h6-7,11,16-17H,5,8-10,12-15H2,1-4H3,(H,21,22);1H. The van der Waals surface area contributed by atoms with Crippen molar-refractivity contribution in [1.29, 1.82) is 0 Å². The van der Waals surface area contributed by atoms with Crippen molar-refractivity contribution in [3.8, 4) is 0 Å². The second kappa shape index (κ2) is 10.9. The van der Waals surface area contributed by atoms with E-state index in [9.17, 15) is 8.42 Å². The van der Waals surface area contributed by atoms with Gasteiger partial charge in [-0.05, 0) is 39.1 Å². The molecule has 172 valence electrons. The number of thiophene rings is 1. The molecule has 1 aromatic rings. The Morgan fingerprint density at radius 2 is 2.20 bits per heavy atom. The molecule has 10 heteroatoms. The molecule has 1 N–H and O–H groups in total. The van der Waals surface area contributed by atoms with E-state index in [0.29, 0.717) is 19.6 Å². The average Bonchev–Trinajstić information content (AvgIpc) is 3.18. The summed E-state index contributed by atoms with van der Waals surface area (Å²) in [6, 6.07) is 4.47. The van der Waals surface area contributed by atoms with E-state index in [-0.39, 0.29) is 41.9 Å². The second-order valence-corrected chi connectivity index (χ2v) is 12.1. The van der Waals surface area contributed by atoms with Crippen molar-refractivity contribution in [2.24, 2.45) is 4.99 Å². The number of halogens is 1. The van der Waals surface area contributed by atoms with Crippen LogP contribution in [0.25, 0.3) is 0 Å². The molecule has 0 saturated carbocycles. The number of hydrogen-bond donors (Lipinski definition) is 1. The van der Waals surface area contributed by atoms with Gasteiger partial charge in [-0.3, -0.25) is 9.89 Å². The largest absolute Gasteiger partial charge is 0.376 e. The van der Waals surface area contributed by atoms with E-state index in [1.807, 2.05) is 20.8 Å². The number of morpholine rings is 1. The fraction of sp³-hybridized carbons (Fsp3) is 0.750. The molecule has 0 radical (unpaired) electrons. The maximum atomic E-state index is 12.4. The van der Waals surface area contributed by atoms with Gasteiger partial charge in [-0.25, -0.2) is 8.42 Å². The quantitative estimate of drug-likeness (QED) is 0.334. The Labute approximate surface area is 202 Å². The van der Waals surface area contributed by atoms with Crippen molar-refractivity contribution < 1.29 is 13.2 Å². The number of nitrogens with zero attached hydrogens (tertiary/aromatic N) is 3. The summed E-state index contributed by atoms with van der Waals surface area (Å²) in [6.07, 6.45) is 0.219. The molecule has 0 aromatic carbocycles. The number of sulfone groups is 1. The van der Waals surface area contributed by atoms with Crippen LogP contribution in [-0.2, 0) is 14.6 Å². The van der Waals surface area contributed by atoms with Gasteiger partial charge in [0.2, 0.25) is 0 Å². The van der Waals surface area contributed by atoms with Crippen molar-refractivity contribution in [1.82, 2.24) is 15.1 Å². The lowest BCUT2D eigenvalue weighted by Gasteiger charge is -2.40. The van der Waals surface area contributed by atoms with E-state index in [2.05, 4.69) is 39.6 Å². The monoisotopic (exact) mass is 570 g/mol. The Balaban J connectivity index is 0.00000320. The van der Waals surface area contributed by atoms with Crippen LogP contribution in [0.4, 0.5) is 0 Å². The molecule has 0 amide bonds. The summed E-state index contributed by atoms with van der Waals surface area (Å²) in [5.74, 6) is 0.970. The third-order valence-corrected chi connectivity index (χ3v) is 9.18. The normalized spacial score (nSPS) is 25.4. The van der Waals surface area contributed by atoms with Crippen LogP contribution >= 0.6 is 35.3 Å². The average molecular weight is 571 g/mol. The van der Waals surface area contributed by atoms with Crippen LogP contribution in [0.2, 0.25) is 0 Å². The first kappa shape index (κ1) is 25.8. The lowest BCUT2D eigenvalue weighted by molar-refractivity contribution is -0.0327. The summed E-state index contributed by atoms with van der Waals surface area (Å²) in [4.78, 5) is 10.8. The van der Waals surface area contributed by atoms with Crippen LogP contribution in [-0.4, -0.2) is 86.7 Å². The first-order chi connectivity index (χ1) is 13.7. The fourth-order valence-electron chi connectivity index (χ4n) is 3.92. The topological polar surface area (TPSA) is 74.2 Å². The van der Waals surface area contributed by atoms with Crippen LogP contribution in [0.5, 0.6) is 0 Å². The van der Waals surface area contributed by atoms with Crippen LogP contribution < -0.4 is 5.32 Å². The molecule has 2 atom stereocenters. The zero-order valence-corrected chi connectivity index (χ0v) is 22.3. The molecule has 0 bridgehead atoms. The van der Waals surface area contributed by atoms with Gasteiger partial charge in [0.1, 0.15) is 0 Å². The third kappa shape index (κ3) is 6.08. The highest BCUT2D eigenvalue weighted by Gasteiger charge is 2.41. The van der Waals surface area contributed by atoms with E-state index in [1.165, 1.54) is 4.88 Å². The summed E-state index contributed by atoms with van der Waals surface area (Å²) < 4.78 is 29.7. The molecule has 2 unspecified atom stereocenters. The minimum Gasteiger partial charge on any atom is -0.376 e. The maximum Gasteiger partial charge on any atom is 0.194 e. The van der Waals surface area contributed by atoms with E-state index in [4.69, 9.17) is 9.73 Å². The van der Waals surface area contributed by atoms with Gasteiger partial charge in [-0.15, -0.1) is 35.3 Å². The summed E-state index contributed by atoms with van der Waals surface area (Å²) in [7, 11) is -3.08. The molecule has 1 aromatic heterocycles. The van der Waals surface area contributed by atoms with Crippen molar-refractivity contribution >= 4 is 51.1 Å². The van der Waals surface area contributed by atoms with Gasteiger partial charge in [0.05, 0.1) is 35.8 Å². The summed E-state index contributed by atoms with van der Waals surface area (Å²) in [6.45, 7) is 12.6. The molecular weight excluding hydrogens is 535 g/mol. The molecule has 3 rings (SSSR count). The van der Waals surface area contributed by atoms with Crippen molar-refractivity contribution in [3.05, 3.63) is 22.4 Å². The van der Waals surface area contributed by atoms with Gasteiger partial charge in [0.15, 0.2) is 15.8 Å². The highest BCUT2D eigenvalue weighted by atomic mass is 127. The molecule has 2 aliphatic rings. The van der Waals surface area contributed by atoms with Crippen LogP contribution in [0.3, 0.4) is 0 Å². The smallest absolute Gasteiger partial charge is 0.194 e. The van der Waals surface area contributed by atoms with Gasteiger partial charge in [0, 0.05) is 37.6 Å². The van der Waals surface area contributed by atoms with Crippen LogP contribution in [0, 0.1) is 0 Å². The van der Waals surface area contributed by atoms with E-state index >= 15 is 0 Å². The number of rotatable bonds is 5. The Kier molecular flexibility index (Phi) is 9.41. The molecule has 2 fully saturated rings. The van der Waals surface area contributed by atoms with E-state index in [1.54, 1.807) is 11.3 Å². The Morgan fingerprint density at radius 1 is 1.43 bits per heavy atom. The molecule has 3 heterocycles. The number of aliphatic imine (C=N–C) groups is 1. The zero-order chi connectivity index (χ0) is 21.1. The van der Waals surface area contributed by atoms with Gasteiger partial charge >= 0.3 is 0 Å². The van der Waals surface area contributed by atoms with Crippen molar-refractivity contribution in [2.45, 2.75) is 44.6 Å². The molecule has 2 saturated heterocycles. The number of nitrogens with one attached hydrogen (secondary N) is 1. The van der Waals surface area contributed by atoms with E-state index in [0.717, 1.165) is 32.2 Å². The Hall–Kier alpha value is -0.430. The molecule has 30 heavy (non-hydrogen) atoms. The second-order valence-electron chi connectivity index (χ2n) is 8.40. The Morgan fingerprint density at radius 3 is 2.80 bits per heavy atom. The molecular formula is C20H35IN4O3S2. The number of ether oxygens (including phenoxy) is 1. The predicted octanol–water partition coefficient (Wildman–Crippen LogP) is 2.60. The van der Waals surface area contributed by atoms with Gasteiger partial charge < -0.3 is 15.0 Å². The fourth-order valence-corrected chi connectivity index (χ4v) is 6.14. The van der Waals surface area contributed by atoms with E-state index < -0.39 is 14.6 Å². The van der Waals surface area contributed by atoms with Crippen LogP contribution in [0.15, 0.2) is 22.5 Å². The van der Waals surface area contributed by atoms with Gasteiger partial charge in [0.25, 0.3) is 0 Å². The molecule has 0 aliphatic carbocycles. The lowest BCUT2D eigenvalue weighted by atomic mass is 10.1. The first-order valence-electron chi connectivity index (χ1n) is 10.4. The molecule has 0 spiro atoms. The summed E-state index contributed by atoms with van der Waals surface area (Å²) >= 11 is 1.76. The highest BCUT2D eigenvalue weighted by molar-refractivity contribution is 14.0. The molecule has 7 nitrogen and oxygen atoms in total. The predicted molar refractivity (Wildman–Crippen MR) is 135 cm³/mol. The SMILES string of the molecule is CCNC(=NCC(c1cccs1)N1CCOC(C)C1)N1CCS(=O)(=O)C(C)(C)C1.I. The maximum absolute atomic E-state index is 12.4. The summed E-state index contributed by atoms with van der Waals surface area (Å²) in [5.41, 5.74) is 0. The molecule has 2 aliphatic heterocycles. The van der Waals surface area contributed by atoms with Gasteiger partial charge in [-0.2, -0.15) is 0 Å². The summed E-state index contributed by atoms with van der Waals surface area (Å²) in [5, 5.41) is 5.48. The first-order valence-corrected chi connectivity index (χ1v) is 12.9. The van der Waals surface area contributed by atoms with Crippen molar-refractivity contribution in [3.63, 3.8) is 0 Å². The zero-order valence-electron chi connectivity index (χ0n) is 18.3. The van der Waals surface area contributed by atoms with Crippen LogP contribution in [0.1, 0.15) is 38.6 Å². The highest BCUT2D eigenvalue weighted by Crippen LogP contribution is 2.28. The minimum absolute atomic E-state index is 0. The number of guanidine groups is 1.